The Balaban J connectivity index is 1.39. The maximum Gasteiger partial charge on any atom is 0.344 e. The SMILES string of the molecule is O=C(C[NH+]1CCC[C@H]1c1cccs1)NN1C(=O)NC2(CCCCC2)C1=O. The summed E-state index contributed by atoms with van der Waals surface area (Å²) in [6.45, 7) is 1.20. The molecule has 1 spiro atoms. The van der Waals surface area contributed by atoms with Crippen molar-refractivity contribution < 1.29 is 19.3 Å². The molecule has 3 N–H and O–H groups in total. The summed E-state index contributed by atoms with van der Waals surface area (Å²) in [5.74, 6) is -0.582. The van der Waals surface area contributed by atoms with Crippen LogP contribution in [0.15, 0.2) is 17.5 Å². The summed E-state index contributed by atoms with van der Waals surface area (Å²) in [6.07, 6.45) is 6.39. The van der Waals surface area contributed by atoms with Gasteiger partial charge >= 0.3 is 6.03 Å². The molecule has 1 aromatic heterocycles. The van der Waals surface area contributed by atoms with Crippen LogP contribution in [0.4, 0.5) is 4.79 Å². The Kier molecular flexibility index (Phi) is 4.71. The number of rotatable bonds is 4. The van der Waals surface area contributed by atoms with Gasteiger partial charge in [0, 0.05) is 12.8 Å². The zero-order valence-corrected chi connectivity index (χ0v) is 15.6. The van der Waals surface area contributed by atoms with E-state index in [4.69, 9.17) is 0 Å². The van der Waals surface area contributed by atoms with Crippen LogP contribution in [0.5, 0.6) is 0 Å². The van der Waals surface area contributed by atoms with E-state index >= 15 is 0 Å². The Morgan fingerprint density at radius 1 is 1.31 bits per heavy atom. The first-order chi connectivity index (χ1) is 12.6. The predicted molar refractivity (Wildman–Crippen MR) is 96.3 cm³/mol. The third-order valence-electron chi connectivity index (χ3n) is 5.86. The van der Waals surface area contributed by atoms with E-state index < -0.39 is 11.6 Å². The van der Waals surface area contributed by atoms with Gasteiger partial charge < -0.3 is 10.2 Å². The average molecular weight is 377 g/mol. The molecule has 1 unspecified atom stereocenters. The summed E-state index contributed by atoms with van der Waals surface area (Å²) in [6, 6.07) is 3.97. The van der Waals surface area contributed by atoms with E-state index in [1.807, 2.05) is 6.07 Å². The number of carbonyl (C=O) groups is 3. The molecule has 8 heteroatoms. The number of carbonyl (C=O) groups excluding carboxylic acids is 3. The van der Waals surface area contributed by atoms with E-state index in [9.17, 15) is 14.4 Å². The topological polar surface area (TPSA) is 82.9 Å². The second kappa shape index (κ2) is 7.00. The van der Waals surface area contributed by atoms with Crippen molar-refractivity contribution in [1.29, 1.82) is 0 Å². The molecule has 3 fully saturated rings. The first kappa shape index (κ1) is 17.5. The van der Waals surface area contributed by atoms with Crippen molar-refractivity contribution in [3.63, 3.8) is 0 Å². The summed E-state index contributed by atoms with van der Waals surface area (Å²) in [4.78, 5) is 40.0. The molecule has 3 heterocycles. The molecule has 2 atom stereocenters. The van der Waals surface area contributed by atoms with Crippen molar-refractivity contribution in [2.75, 3.05) is 13.1 Å². The number of amides is 4. The van der Waals surface area contributed by atoms with Crippen molar-refractivity contribution in [2.45, 2.75) is 56.5 Å². The van der Waals surface area contributed by atoms with Crippen LogP contribution >= 0.6 is 11.3 Å². The Hall–Kier alpha value is -1.93. The van der Waals surface area contributed by atoms with E-state index in [0.29, 0.717) is 18.9 Å². The molecule has 1 saturated carbocycles. The molecule has 0 radical (unpaired) electrons. The van der Waals surface area contributed by atoms with Gasteiger partial charge in [0.15, 0.2) is 6.54 Å². The molecular formula is C18H25N4O3S+. The lowest BCUT2D eigenvalue weighted by Crippen LogP contribution is -3.11. The van der Waals surface area contributed by atoms with E-state index in [0.717, 1.165) is 43.7 Å². The molecule has 0 aromatic carbocycles. The molecule has 4 amide bonds. The number of imide groups is 1. The van der Waals surface area contributed by atoms with E-state index in [2.05, 4.69) is 22.2 Å². The highest BCUT2D eigenvalue weighted by Gasteiger charge is 2.52. The maximum absolute atomic E-state index is 12.7. The van der Waals surface area contributed by atoms with Gasteiger partial charge in [-0.1, -0.05) is 25.3 Å². The predicted octanol–water partition coefficient (Wildman–Crippen LogP) is 0.754. The van der Waals surface area contributed by atoms with Gasteiger partial charge in [-0.05, 0) is 24.3 Å². The van der Waals surface area contributed by atoms with Crippen LogP contribution in [-0.4, -0.2) is 41.5 Å². The van der Waals surface area contributed by atoms with Crippen LogP contribution in [0.1, 0.15) is 55.9 Å². The summed E-state index contributed by atoms with van der Waals surface area (Å²) in [5, 5.41) is 5.78. The second-order valence-corrected chi connectivity index (χ2v) is 8.52. The minimum atomic E-state index is -0.803. The van der Waals surface area contributed by atoms with Gasteiger partial charge in [0.25, 0.3) is 11.8 Å². The molecule has 3 aliphatic rings. The Bertz CT molecular complexity index is 699. The van der Waals surface area contributed by atoms with Gasteiger partial charge in [-0.15, -0.1) is 11.3 Å². The first-order valence-electron chi connectivity index (χ1n) is 9.43. The molecule has 2 aliphatic heterocycles. The van der Waals surface area contributed by atoms with Crippen molar-refractivity contribution in [1.82, 2.24) is 15.8 Å². The zero-order chi connectivity index (χ0) is 18.1. The number of likely N-dealkylation sites (tertiary alicyclic amines) is 1. The Morgan fingerprint density at radius 3 is 2.85 bits per heavy atom. The van der Waals surface area contributed by atoms with Gasteiger partial charge in [-0.3, -0.25) is 15.0 Å². The average Bonchev–Trinajstić information content (AvgIpc) is 3.34. The lowest BCUT2D eigenvalue weighted by Gasteiger charge is -2.30. The Labute approximate surface area is 156 Å². The lowest BCUT2D eigenvalue weighted by molar-refractivity contribution is -0.910. The van der Waals surface area contributed by atoms with Gasteiger partial charge in [0.2, 0.25) is 0 Å². The number of hydrogen-bond donors (Lipinski definition) is 3. The second-order valence-electron chi connectivity index (χ2n) is 7.54. The highest BCUT2D eigenvalue weighted by atomic mass is 32.1. The van der Waals surface area contributed by atoms with Gasteiger partial charge in [-0.25, -0.2) is 4.79 Å². The summed E-state index contributed by atoms with van der Waals surface area (Å²) in [7, 11) is 0. The molecule has 26 heavy (non-hydrogen) atoms. The van der Waals surface area contributed by atoms with Crippen molar-refractivity contribution in [3.8, 4) is 0 Å². The standard InChI is InChI=1S/C18H24N4O3S/c23-15(12-21-10-4-6-13(21)14-7-5-11-26-14)20-22-16(24)18(19-17(22)25)8-2-1-3-9-18/h5,7,11,13H,1-4,6,8-10,12H2,(H,19,25)(H,20,23)/p+1/t13-/m0/s1. The number of thiophene rings is 1. The minimum Gasteiger partial charge on any atom is -0.322 e. The number of quaternary nitrogens is 1. The van der Waals surface area contributed by atoms with E-state index in [1.54, 1.807) is 11.3 Å². The molecule has 1 aliphatic carbocycles. The number of nitrogens with one attached hydrogen (secondary N) is 3. The fourth-order valence-electron chi connectivity index (χ4n) is 4.54. The summed E-state index contributed by atoms with van der Waals surface area (Å²) >= 11 is 1.72. The van der Waals surface area contributed by atoms with Crippen LogP contribution in [0.3, 0.4) is 0 Å². The van der Waals surface area contributed by atoms with Crippen LogP contribution < -0.4 is 15.6 Å². The van der Waals surface area contributed by atoms with Crippen LogP contribution in [0.2, 0.25) is 0 Å². The molecule has 2 saturated heterocycles. The van der Waals surface area contributed by atoms with Gasteiger partial charge in [0.05, 0.1) is 11.4 Å². The van der Waals surface area contributed by atoms with Crippen LogP contribution in [-0.2, 0) is 9.59 Å². The highest BCUT2D eigenvalue weighted by molar-refractivity contribution is 7.10. The first-order valence-corrected chi connectivity index (χ1v) is 10.3. The zero-order valence-electron chi connectivity index (χ0n) is 14.8. The normalized spacial score (nSPS) is 27.8. The monoisotopic (exact) mass is 377 g/mol. The highest BCUT2D eigenvalue weighted by Crippen LogP contribution is 2.33. The smallest absolute Gasteiger partial charge is 0.322 e. The number of hydrogen-bond acceptors (Lipinski definition) is 4. The van der Waals surface area contributed by atoms with E-state index in [-0.39, 0.29) is 18.4 Å². The third-order valence-corrected chi connectivity index (χ3v) is 6.85. The number of urea groups is 1. The van der Waals surface area contributed by atoms with Crippen molar-refractivity contribution >= 4 is 29.2 Å². The number of nitrogens with zero attached hydrogens (tertiary/aromatic N) is 1. The molecule has 0 bridgehead atoms. The summed E-state index contributed by atoms with van der Waals surface area (Å²) in [5.41, 5.74) is 1.76. The molecule has 4 rings (SSSR count). The summed E-state index contributed by atoms with van der Waals surface area (Å²) < 4.78 is 0. The van der Waals surface area contributed by atoms with Crippen molar-refractivity contribution in [2.24, 2.45) is 0 Å². The fraction of sp³-hybridized carbons (Fsp3) is 0.611. The largest absolute Gasteiger partial charge is 0.344 e. The van der Waals surface area contributed by atoms with E-state index in [1.165, 1.54) is 9.78 Å². The number of hydrazine groups is 1. The van der Waals surface area contributed by atoms with Gasteiger partial charge in [0.1, 0.15) is 11.6 Å². The van der Waals surface area contributed by atoms with Crippen LogP contribution in [0, 0.1) is 0 Å². The molecular weight excluding hydrogens is 352 g/mol. The maximum atomic E-state index is 12.7. The fourth-order valence-corrected chi connectivity index (χ4v) is 5.46. The molecule has 140 valence electrons. The molecule has 1 aromatic rings. The lowest BCUT2D eigenvalue weighted by atomic mass is 9.82. The quantitative estimate of drug-likeness (QED) is 0.678. The minimum absolute atomic E-state index is 0.270. The Morgan fingerprint density at radius 2 is 2.12 bits per heavy atom. The molecule has 7 nitrogen and oxygen atoms in total. The van der Waals surface area contributed by atoms with Crippen molar-refractivity contribution in [3.05, 3.63) is 22.4 Å². The van der Waals surface area contributed by atoms with Crippen LogP contribution in [0.25, 0.3) is 0 Å². The third kappa shape index (κ3) is 3.12. The van der Waals surface area contributed by atoms with Gasteiger partial charge in [-0.2, -0.15) is 5.01 Å².